The van der Waals surface area contributed by atoms with Crippen LogP contribution in [0, 0.1) is 11.7 Å². The summed E-state index contributed by atoms with van der Waals surface area (Å²) < 4.78 is 50.8. The Morgan fingerprint density at radius 3 is 2.31 bits per heavy atom. The van der Waals surface area contributed by atoms with Crippen molar-refractivity contribution in [1.82, 2.24) is 0 Å². The van der Waals surface area contributed by atoms with Gasteiger partial charge in [0.25, 0.3) is 0 Å². The Hall–Kier alpha value is -1.10. The fourth-order valence-corrected chi connectivity index (χ4v) is 1.51. The first-order valence-corrected chi connectivity index (χ1v) is 4.95. The van der Waals surface area contributed by atoms with E-state index in [1.165, 1.54) is 18.2 Å². The van der Waals surface area contributed by atoms with Crippen LogP contribution < -0.4 is 5.73 Å². The van der Waals surface area contributed by atoms with Gasteiger partial charge in [-0.1, -0.05) is 18.2 Å². The van der Waals surface area contributed by atoms with Crippen molar-refractivity contribution in [1.29, 1.82) is 0 Å². The van der Waals surface area contributed by atoms with Gasteiger partial charge in [0, 0.05) is 0 Å². The van der Waals surface area contributed by atoms with Gasteiger partial charge in [-0.3, -0.25) is 0 Å². The predicted molar refractivity (Wildman–Crippen MR) is 53.3 cm³/mol. The molecule has 1 unspecified atom stereocenters. The minimum Gasteiger partial charge on any atom is -0.330 e. The Morgan fingerprint density at radius 2 is 1.81 bits per heavy atom. The summed E-state index contributed by atoms with van der Waals surface area (Å²) in [4.78, 5) is 0. The number of rotatable bonds is 4. The molecule has 0 heterocycles. The second-order valence-electron chi connectivity index (χ2n) is 3.61. The molecule has 0 radical (unpaired) electrons. The van der Waals surface area contributed by atoms with Crippen LogP contribution in [-0.2, 0) is 6.42 Å². The fraction of sp³-hybridized carbons (Fsp3) is 0.455. The fourth-order valence-electron chi connectivity index (χ4n) is 1.51. The summed E-state index contributed by atoms with van der Waals surface area (Å²) in [5, 5.41) is 0. The minimum atomic E-state index is -4.33. The third-order valence-electron chi connectivity index (χ3n) is 2.40. The van der Waals surface area contributed by atoms with E-state index in [2.05, 4.69) is 0 Å². The van der Waals surface area contributed by atoms with Crippen LogP contribution in [0.25, 0.3) is 0 Å². The minimum absolute atomic E-state index is 0.0569. The molecule has 1 atom stereocenters. The highest BCUT2D eigenvalue weighted by atomic mass is 19.4. The van der Waals surface area contributed by atoms with E-state index in [0.717, 1.165) is 6.07 Å². The second kappa shape index (κ2) is 5.30. The highest BCUT2D eigenvalue weighted by molar-refractivity contribution is 5.18. The highest BCUT2D eigenvalue weighted by Gasteiger charge is 2.38. The lowest BCUT2D eigenvalue weighted by atomic mass is 9.95. The van der Waals surface area contributed by atoms with Crippen LogP contribution in [0.3, 0.4) is 0 Å². The predicted octanol–water partition coefficient (Wildman–Crippen LogP) is 2.90. The van der Waals surface area contributed by atoms with E-state index in [9.17, 15) is 17.6 Å². The number of alkyl halides is 3. The molecule has 0 bridgehead atoms. The molecule has 1 rings (SSSR count). The van der Waals surface area contributed by atoms with Crippen molar-refractivity contribution in [2.45, 2.75) is 19.0 Å². The van der Waals surface area contributed by atoms with E-state index in [1.54, 1.807) is 0 Å². The van der Waals surface area contributed by atoms with Crippen LogP contribution in [0.2, 0.25) is 0 Å². The van der Waals surface area contributed by atoms with Crippen molar-refractivity contribution in [2.24, 2.45) is 11.7 Å². The quantitative estimate of drug-likeness (QED) is 0.798. The van der Waals surface area contributed by atoms with E-state index in [4.69, 9.17) is 5.73 Å². The number of hydrogen-bond donors (Lipinski definition) is 1. The summed E-state index contributed by atoms with van der Waals surface area (Å²) in [6, 6.07) is 5.49. The maximum atomic E-state index is 13.2. The molecule has 0 saturated heterocycles. The first-order chi connectivity index (χ1) is 7.45. The maximum absolute atomic E-state index is 13.2. The van der Waals surface area contributed by atoms with Crippen LogP contribution in [0.5, 0.6) is 0 Å². The molecule has 0 fully saturated rings. The summed E-state index contributed by atoms with van der Waals surface area (Å²) >= 11 is 0. The van der Waals surface area contributed by atoms with Crippen LogP contribution in [0.15, 0.2) is 24.3 Å². The number of halogens is 4. The summed E-state index contributed by atoms with van der Waals surface area (Å²) in [5.74, 6) is -2.18. The normalized spacial score (nSPS) is 13.8. The van der Waals surface area contributed by atoms with Crippen molar-refractivity contribution in [3.05, 3.63) is 35.6 Å². The van der Waals surface area contributed by atoms with Gasteiger partial charge in [-0.25, -0.2) is 4.39 Å². The highest BCUT2D eigenvalue weighted by Crippen LogP contribution is 2.31. The second-order valence-corrected chi connectivity index (χ2v) is 3.61. The van der Waals surface area contributed by atoms with Gasteiger partial charge in [0.1, 0.15) is 5.82 Å². The molecule has 1 aromatic carbocycles. The van der Waals surface area contributed by atoms with Gasteiger partial charge in [-0.2, -0.15) is 13.2 Å². The van der Waals surface area contributed by atoms with E-state index in [1.807, 2.05) is 0 Å². The van der Waals surface area contributed by atoms with Crippen molar-refractivity contribution < 1.29 is 17.6 Å². The first kappa shape index (κ1) is 13.0. The lowest BCUT2D eigenvalue weighted by Gasteiger charge is -2.19. The SMILES string of the molecule is NCCC(Cc1ccccc1F)C(F)(F)F. The molecular formula is C11H13F4N. The smallest absolute Gasteiger partial charge is 0.330 e. The molecule has 1 nitrogen and oxygen atoms in total. The average molecular weight is 235 g/mol. The Labute approximate surface area is 91.3 Å². The number of hydrogen-bond acceptors (Lipinski definition) is 1. The summed E-state index contributed by atoms with van der Waals surface area (Å²) in [7, 11) is 0. The monoisotopic (exact) mass is 235 g/mol. The number of nitrogens with two attached hydrogens (primary N) is 1. The first-order valence-electron chi connectivity index (χ1n) is 4.95. The third kappa shape index (κ3) is 3.48. The van der Waals surface area contributed by atoms with Crippen molar-refractivity contribution in [3.8, 4) is 0 Å². The molecule has 0 spiro atoms. The summed E-state index contributed by atoms with van der Waals surface area (Å²) in [5.41, 5.74) is 5.21. The van der Waals surface area contributed by atoms with Crippen molar-refractivity contribution in [2.75, 3.05) is 6.54 Å². The summed E-state index contributed by atoms with van der Waals surface area (Å²) in [6.45, 7) is -0.0569. The van der Waals surface area contributed by atoms with Crippen LogP contribution in [0.1, 0.15) is 12.0 Å². The zero-order valence-electron chi connectivity index (χ0n) is 8.60. The number of benzene rings is 1. The van der Waals surface area contributed by atoms with Gasteiger partial charge >= 0.3 is 6.18 Å². The molecule has 0 aliphatic carbocycles. The van der Waals surface area contributed by atoms with Gasteiger partial charge in [0.2, 0.25) is 0 Å². The average Bonchev–Trinajstić information content (AvgIpc) is 2.19. The molecule has 16 heavy (non-hydrogen) atoms. The van der Waals surface area contributed by atoms with Gasteiger partial charge in [0.15, 0.2) is 0 Å². The lowest BCUT2D eigenvalue weighted by Crippen LogP contribution is -2.27. The van der Waals surface area contributed by atoms with Gasteiger partial charge in [0.05, 0.1) is 5.92 Å². The van der Waals surface area contributed by atoms with Crippen molar-refractivity contribution >= 4 is 0 Å². The molecule has 1 aromatic rings. The van der Waals surface area contributed by atoms with Crippen molar-refractivity contribution in [3.63, 3.8) is 0 Å². The Kier molecular flexibility index (Phi) is 4.29. The maximum Gasteiger partial charge on any atom is 0.392 e. The topological polar surface area (TPSA) is 26.0 Å². The largest absolute Gasteiger partial charge is 0.392 e. The third-order valence-corrected chi connectivity index (χ3v) is 2.40. The molecule has 0 aliphatic heterocycles. The zero-order valence-corrected chi connectivity index (χ0v) is 8.60. The Bertz CT molecular complexity index is 335. The Balaban J connectivity index is 2.80. The molecule has 0 saturated carbocycles. The molecule has 5 heteroatoms. The molecule has 0 aliphatic rings. The van der Waals surface area contributed by atoms with E-state index < -0.39 is 17.9 Å². The van der Waals surface area contributed by atoms with Crippen LogP contribution >= 0.6 is 0 Å². The molecule has 90 valence electrons. The summed E-state index contributed by atoms with van der Waals surface area (Å²) in [6.07, 6.45) is -4.87. The molecule has 0 amide bonds. The van der Waals surface area contributed by atoms with Gasteiger partial charge < -0.3 is 5.73 Å². The zero-order chi connectivity index (χ0) is 12.2. The molecule has 2 N–H and O–H groups in total. The Morgan fingerprint density at radius 1 is 1.19 bits per heavy atom. The van der Waals surface area contributed by atoms with E-state index in [-0.39, 0.29) is 24.9 Å². The molecular weight excluding hydrogens is 222 g/mol. The van der Waals surface area contributed by atoms with E-state index >= 15 is 0 Å². The van der Waals surface area contributed by atoms with Gasteiger partial charge in [-0.15, -0.1) is 0 Å². The van der Waals surface area contributed by atoms with Gasteiger partial charge in [-0.05, 0) is 31.0 Å². The van der Waals surface area contributed by atoms with Crippen LogP contribution in [0.4, 0.5) is 17.6 Å². The van der Waals surface area contributed by atoms with E-state index in [0.29, 0.717) is 0 Å². The lowest BCUT2D eigenvalue weighted by molar-refractivity contribution is -0.175. The van der Waals surface area contributed by atoms with Crippen LogP contribution in [-0.4, -0.2) is 12.7 Å². The standard InChI is InChI=1S/C11H13F4N/c12-10-4-2-1-3-8(10)7-9(5-6-16)11(13,14)15/h1-4,9H,5-7,16H2. The molecule has 0 aromatic heterocycles.